The van der Waals surface area contributed by atoms with Crippen LogP contribution in [0.4, 0.5) is 0 Å². The summed E-state index contributed by atoms with van der Waals surface area (Å²) in [5, 5.41) is 0. The van der Waals surface area contributed by atoms with Gasteiger partial charge in [-0.2, -0.15) is 0 Å². The van der Waals surface area contributed by atoms with Gasteiger partial charge in [0.25, 0.3) is 0 Å². The molecule has 0 aliphatic carbocycles. The third-order valence-electron chi connectivity index (χ3n) is 4.88. The molecule has 1 heterocycles. The van der Waals surface area contributed by atoms with E-state index in [-0.39, 0.29) is 0 Å². The zero-order chi connectivity index (χ0) is 15.2. The number of hydrogen-bond acceptors (Lipinski definition) is 3. The van der Waals surface area contributed by atoms with E-state index in [4.69, 9.17) is 10.5 Å². The van der Waals surface area contributed by atoms with Crippen molar-refractivity contribution in [1.29, 1.82) is 0 Å². The molecule has 1 saturated heterocycles. The maximum Gasteiger partial charge on any atom is 0.0599 e. The van der Waals surface area contributed by atoms with Gasteiger partial charge in [-0.3, -0.25) is 4.90 Å². The first-order valence-electron chi connectivity index (χ1n) is 8.30. The van der Waals surface area contributed by atoms with Gasteiger partial charge in [-0.25, -0.2) is 0 Å². The molecule has 1 aromatic carbocycles. The summed E-state index contributed by atoms with van der Waals surface area (Å²) >= 11 is 0. The van der Waals surface area contributed by atoms with E-state index in [1.807, 2.05) is 7.11 Å². The molecule has 3 atom stereocenters. The van der Waals surface area contributed by atoms with Gasteiger partial charge in [-0.15, -0.1) is 0 Å². The molecule has 2 N–H and O–H groups in total. The lowest BCUT2D eigenvalue weighted by molar-refractivity contribution is -0.00554. The predicted octanol–water partition coefficient (Wildman–Crippen LogP) is 3.14. The molecule has 1 aliphatic heterocycles. The number of aryl methyl sites for hydroxylation is 1. The molecule has 1 aromatic rings. The highest BCUT2D eigenvalue weighted by Crippen LogP contribution is 2.31. The number of ether oxygens (including phenoxy) is 1. The second-order valence-electron chi connectivity index (χ2n) is 6.03. The minimum absolute atomic E-state index is 0.370. The van der Waals surface area contributed by atoms with Crippen LogP contribution in [-0.2, 0) is 11.2 Å². The molecule has 1 aliphatic rings. The van der Waals surface area contributed by atoms with Crippen molar-refractivity contribution in [1.82, 2.24) is 4.90 Å². The lowest BCUT2D eigenvalue weighted by Crippen LogP contribution is -2.49. The second-order valence-corrected chi connectivity index (χ2v) is 6.03. The molecule has 2 rings (SSSR count). The zero-order valence-corrected chi connectivity index (χ0v) is 13.7. The summed E-state index contributed by atoms with van der Waals surface area (Å²) in [6.45, 7) is 6.26. The smallest absolute Gasteiger partial charge is 0.0599 e. The van der Waals surface area contributed by atoms with Crippen molar-refractivity contribution >= 4 is 0 Å². The molecule has 1 fully saturated rings. The number of benzene rings is 1. The van der Waals surface area contributed by atoms with Crippen LogP contribution in [0.25, 0.3) is 0 Å². The molecule has 0 radical (unpaired) electrons. The van der Waals surface area contributed by atoms with Crippen molar-refractivity contribution in [2.24, 2.45) is 5.73 Å². The van der Waals surface area contributed by atoms with Crippen LogP contribution >= 0.6 is 0 Å². The minimum Gasteiger partial charge on any atom is -0.381 e. The SMILES string of the molecule is CCc1ccc(C(CC)N2CCC(OC)CC2CN)cc1. The highest BCUT2D eigenvalue weighted by molar-refractivity contribution is 5.25. The first-order chi connectivity index (χ1) is 10.2. The topological polar surface area (TPSA) is 38.5 Å². The van der Waals surface area contributed by atoms with Gasteiger partial charge in [0.05, 0.1) is 6.10 Å². The molecule has 0 aromatic heterocycles. The van der Waals surface area contributed by atoms with E-state index < -0.39 is 0 Å². The van der Waals surface area contributed by atoms with Crippen LogP contribution in [0.3, 0.4) is 0 Å². The number of piperidine rings is 1. The summed E-state index contributed by atoms with van der Waals surface area (Å²) in [6.07, 6.45) is 4.75. The summed E-state index contributed by atoms with van der Waals surface area (Å²) in [5.41, 5.74) is 8.85. The Kier molecular flexibility index (Phi) is 6.22. The van der Waals surface area contributed by atoms with Crippen LogP contribution in [0.15, 0.2) is 24.3 Å². The van der Waals surface area contributed by atoms with Gasteiger partial charge in [0, 0.05) is 32.3 Å². The maximum atomic E-state index is 6.03. The summed E-state index contributed by atoms with van der Waals surface area (Å²) in [5.74, 6) is 0. The summed E-state index contributed by atoms with van der Waals surface area (Å²) in [4.78, 5) is 2.59. The Morgan fingerprint density at radius 1 is 1.29 bits per heavy atom. The maximum absolute atomic E-state index is 6.03. The summed E-state index contributed by atoms with van der Waals surface area (Å²) in [7, 11) is 1.81. The summed E-state index contributed by atoms with van der Waals surface area (Å²) in [6, 6.07) is 10.0. The Bertz CT molecular complexity index is 418. The number of hydrogen-bond donors (Lipinski definition) is 1. The van der Waals surface area contributed by atoms with Crippen LogP contribution in [-0.4, -0.2) is 37.2 Å². The molecule has 3 unspecified atom stereocenters. The van der Waals surface area contributed by atoms with Crippen molar-refractivity contribution in [2.75, 3.05) is 20.2 Å². The Hall–Kier alpha value is -0.900. The number of rotatable bonds is 6. The average Bonchev–Trinajstić information content (AvgIpc) is 2.56. The Morgan fingerprint density at radius 3 is 2.52 bits per heavy atom. The van der Waals surface area contributed by atoms with Crippen molar-refractivity contribution < 1.29 is 4.74 Å². The molecule has 0 amide bonds. The van der Waals surface area contributed by atoms with Gasteiger partial charge < -0.3 is 10.5 Å². The molecular formula is C18H30N2O. The molecule has 118 valence electrons. The zero-order valence-electron chi connectivity index (χ0n) is 13.7. The van der Waals surface area contributed by atoms with Crippen molar-refractivity contribution in [3.05, 3.63) is 35.4 Å². The van der Waals surface area contributed by atoms with E-state index in [0.717, 1.165) is 32.2 Å². The van der Waals surface area contributed by atoms with Gasteiger partial charge in [-0.05, 0) is 36.8 Å². The van der Waals surface area contributed by atoms with E-state index in [1.54, 1.807) is 0 Å². The van der Waals surface area contributed by atoms with Gasteiger partial charge in [0.1, 0.15) is 0 Å². The first kappa shape index (κ1) is 16.5. The highest BCUT2D eigenvalue weighted by atomic mass is 16.5. The largest absolute Gasteiger partial charge is 0.381 e. The van der Waals surface area contributed by atoms with Crippen LogP contribution in [0.2, 0.25) is 0 Å². The van der Waals surface area contributed by atoms with E-state index in [9.17, 15) is 0 Å². The number of nitrogens with two attached hydrogens (primary N) is 1. The van der Waals surface area contributed by atoms with Crippen LogP contribution in [0.1, 0.15) is 50.3 Å². The molecule has 0 spiro atoms. The standard InChI is InChI=1S/C18H30N2O/c1-4-14-6-8-15(9-7-14)18(5-2)20-11-10-17(21-3)12-16(20)13-19/h6-9,16-18H,4-5,10-13,19H2,1-3H3. The Morgan fingerprint density at radius 2 is 2.00 bits per heavy atom. The van der Waals surface area contributed by atoms with E-state index in [2.05, 4.69) is 43.0 Å². The monoisotopic (exact) mass is 290 g/mol. The van der Waals surface area contributed by atoms with Crippen LogP contribution in [0.5, 0.6) is 0 Å². The highest BCUT2D eigenvalue weighted by Gasteiger charge is 2.32. The molecule has 21 heavy (non-hydrogen) atoms. The number of nitrogens with zero attached hydrogens (tertiary/aromatic N) is 1. The van der Waals surface area contributed by atoms with Crippen molar-refractivity contribution in [3.8, 4) is 0 Å². The van der Waals surface area contributed by atoms with Crippen molar-refractivity contribution in [2.45, 2.75) is 57.7 Å². The molecular weight excluding hydrogens is 260 g/mol. The summed E-state index contributed by atoms with van der Waals surface area (Å²) < 4.78 is 5.54. The Balaban J connectivity index is 2.15. The fourth-order valence-electron chi connectivity index (χ4n) is 3.53. The first-order valence-corrected chi connectivity index (χ1v) is 8.30. The van der Waals surface area contributed by atoms with Gasteiger partial charge >= 0.3 is 0 Å². The predicted molar refractivity (Wildman–Crippen MR) is 88.4 cm³/mol. The van der Waals surface area contributed by atoms with Gasteiger partial charge in [0.2, 0.25) is 0 Å². The third kappa shape index (κ3) is 3.85. The number of likely N-dealkylation sites (tertiary alicyclic amines) is 1. The molecule has 3 heteroatoms. The third-order valence-corrected chi connectivity index (χ3v) is 4.88. The molecule has 3 nitrogen and oxygen atoms in total. The lowest BCUT2D eigenvalue weighted by Gasteiger charge is -2.43. The quantitative estimate of drug-likeness (QED) is 0.874. The van der Waals surface area contributed by atoms with E-state index >= 15 is 0 Å². The van der Waals surface area contributed by atoms with Crippen molar-refractivity contribution in [3.63, 3.8) is 0 Å². The fourth-order valence-corrected chi connectivity index (χ4v) is 3.53. The molecule has 0 bridgehead atoms. The molecule has 0 saturated carbocycles. The van der Waals surface area contributed by atoms with E-state index in [0.29, 0.717) is 24.7 Å². The second kappa shape index (κ2) is 7.92. The van der Waals surface area contributed by atoms with Crippen LogP contribution < -0.4 is 5.73 Å². The Labute approximate surface area is 129 Å². The normalized spacial score (nSPS) is 25.0. The van der Waals surface area contributed by atoms with Crippen LogP contribution in [0, 0.1) is 0 Å². The lowest BCUT2D eigenvalue weighted by atomic mass is 9.93. The van der Waals surface area contributed by atoms with Gasteiger partial charge in [0.15, 0.2) is 0 Å². The number of methoxy groups -OCH3 is 1. The average molecular weight is 290 g/mol. The van der Waals surface area contributed by atoms with E-state index in [1.165, 1.54) is 11.1 Å². The van der Waals surface area contributed by atoms with Gasteiger partial charge in [-0.1, -0.05) is 38.1 Å². The minimum atomic E-state index is 0.370. The fraction of sp³-hybridized carbons (Fsp3) is 0.667.